The number of rotatable bonds is 10. The molecule has 1 heterocycles. The zero-order valence-electron chi connectivity index (χ0n) is 17.5. The Hall–Kier alpha value is -3.88. The monoisotopic (exact) mass is 423 g/mol. The van der Waals surface area contributed by atoms with Crippen LogP contribution in [0.5, 0.6) is 11.5 Å². The molecule has 0 aliphatic rings. The van der Waals surface area contributed by atoms with E-state index in [0.717, 1.165) is 11.3 Å². The highest BCUT2D eigenvalue weighted by Crippen LogP contribution is 2.25. The third-order valence-electron chi connectivity index (χ3n) is 4.20. The van der Waals surface area contributed by atoms with Gasteiger partial charge in [0.25, 0.3) is 0 Å². The molecule has 3 aromatic rings. The molecular formula is C22H25N5O4. The van der Waals surface area contributed by atoms with Crippen LogP contribution in [0.15, 0.2) is 48.5 Å². The van der Waals surface area contributed by atoms with Gasteiger partial charge in [0.1, 0.15) is 11.5 Å². The van der Waals surface area contributed by atoms with Crippen molar-refractivity contribution in [3.8, 4) is 11.5 Å². The Bertz CT molecular complexity index is 1030. The first-order valence-electron chi connectivity index (χ1n) is 9.79. The maximum absolute atomic E-state index is 12.0. The number of nitrogens with zero attached hydrogens (tertiary/aromatic N) is 3. The third-order valence-corrected chi connectivity index (χ3v) is 4.20. The van der Waals surface area contributed by atoms with Crippen LogP contribution in [0, 0.1) is 6.92 Å². The molecule has 0 unspecified atom stereocenters. The van der Waals surface area contributed by atoms with Crippen LogP contribution in [0.4, 0.5) is 17.6 Å². The summed E-state index contributed by atoms with van der Waals surface area (Å²) >= 11 is 0. The molecular weight excluding hydrogens is 398 g/mol. The Balaban J connectivity index is 1.48. The smallest absolute Gasteiger partial charge is 0.306 e. The molecule has 0 fully saturated rings. The fourth-order valence-electron chi connectivity index (χ4n) is 2.76. The van der Waals surface area contributed by atoms with Gasteiger partial charge in [0, 0.05) is 6.42 Å². The number of hydrogen-bond donors (Lipinski definition) is 2. The van der Waals surface area contributed by atoms with Crippen LogP contribution in [0.3, 0.4) is 0 Å². The number of anilines is 3. The summed E-state index contributed by atoms with van der Waals surface area (Å²) in [5.41, 5.74) is 7.56. The van der Waals surface area contributed by atoms with Crippen molar-refractivity contribution in [2.24, 2.45) is 0 Å². The number of aromatic nitrogens is 3. The van der Waals surface area contributed by atoms with E-state index in [1.165, 1.54) is 0 Å². The molecule has 0 saturated heterocycles. The van der Waals surface area contributed by atoms with E-state index in [9.17, 15) is 4.79 Å². The van der Waals surface area contributed by atoms with Crippen molar-refractivity contribution in [2.75, 3.05) is 24.8 Å². The number of carbonyl (C=O) groups is 1. The molecule has 0 atom stereocenters. The van der Waals surface area contributed by atoms with Crippen molar-refractivity contribution in [3.63, 3.8) is 0 Å². The highest BCUT2D eigenvalue weighted by atomic mass is 16.5. The van der Waals surface area contributed by atoms with E-state index in [1.54, 1.807) is 13.2 Å². The van der Waals surface area contributed by atoms with Gasteiger partial charge >= 0.3 is 5.97 Å². The van der Waals surface area contributed by atoms with E-state index in [1.807, 2.05) is 49.4 Å². The van der Waals surface area contributed by atoms with E-state index < -0.39 is 0 Å². The Morgan fingerprint density at radius 1 is 1.10 bits per heavy atom. The molecule has 0 aliphatic carbocycles. The Morgan fingerprint density at radius 2 is 1.94 bits per heavy atom. The molecule has 0 amide bonds. The zero-order valence-corrected chi connectivity index (χ0v) is 17.5. The van der Waals surface area contributed by atoms with Gasteiger partial charge in [-0.05, 0) is 43.2 Å². The van der Waals surface area contributed by atoms with Crippen LogP contribution in [0.1, 0.15) is 24.2 Å². The second kappa shape index (κ2) is 10.8. The van der Waals surface area contributed by atoms with E-state index in [-0.39, 0.29) is 36.7 Å². The highest BCUT2D eigenvalue weighted by Gasteiger charge is 2.10. The average molecular weight is 423 g/mol. The first kappa shape index (κ1) is 21.8. The summed E-state index contributed by atoms with van der Waals surface area (Å²) in [7, 11) is 1.57. The van der Waals surface area contributed by atoms with E-state index in [0.29, 0.717) is 24.5 Å². The number of esters is 1. The number of benzene rings is 2. The lowest BCUT2D eigenvalue weighted by Gasteiger charge is -2.11. The molecule has 2 aromatic carbocycles. The van der Waals surface area contributed by atoms with Crippen molar-refractivity contribution in [2.45, 2.75) is 26.4 Å². The van der Waals surface area contributed by atoms with E-state index in [2.05, 4.69) is 20.3 Å². The van der Waals surface area contributed by atoms with Gasteiger partial charge in [-0.3, -0.25) is 4.79 Å². The van der Waals surface area contributed by atoms with Crippen molar-refractivity contribution >= 4 is 23.6 Å². The molecule has 0 radical (unpaired) electrons. The number of aryl methyl sites for hydroxylation is 1. The van der Waals surface area contributed by atoms with Crippen LogP contribution < -0.4 is 20.5 Å². The minimum atomic E-state index is -0.369. The maximum Gasteiger partial charge on any atom is 0.306 e. The summed E-state index contributed by atoms with van der Waals surface area (Å²) in [6.07, 6.45) is 0.755. The summed E-state index contributed by atoms with van der Waals surface area (Å²) in [6.45, 7) is 2.31. The van der Waals surface area contributed by atoms with Gasteiger partial charge in [0.15, 0.2) is 12.4 Å². The fraction of sp³-hybridized carbons (Fsp3) is 0.273. The molecule has 3 N–H and O–H groups in total. The molecule has 9 nitrogen and oxygen atoms in total. The van der Waals surface area contributed by atoms with E-state index in [4.69, 9.17) is 19.9 Å². The quantitative estimate of drug-likeness (QED) is 0.373. The van der Waals surface area contributed by atoms with Crippen LogP contribution in [0.25, 0.3) is 0 Å². The van der Waals surface area contributed by atoms with Gasteiger partial charge < -0.3 is 25.3 Å². The lowest BCUT2D eigenvalue weighted by Crippen LogP contribution is -2.12. The lowest BCUT2D eigenvalue weighted by atomic mass is 10.2. The van der Waals surface area contributed by atoms with Gasteiger partial charge in [0.05, 0.1) is 19.4 Å². The third kappa shape index (κ3) is 6.84. The normalized spacial score (nSPS) is 10.4. The Morgan fingerprint density at radius 3 is 2.74 bits per heavy atom. The average Bonchev–Trinajstić information content (AvgIpc) is 2.75. The Labute approximate surface area is 180 Å². The molecule has 0 bridgehead atoms. The van der Waals surface area contributed by atoms with Gasteiger partial charge in [-0.2, -0.15) is 15.0 Å². The van der Waals surface area contributed by atoms with Crippen molar-refractivity contribution in [1.29, 1.82) is 0 Å². The van der Waals surface area contributed by atoms with Crippen molar-refractivity contribution < 1.29 is 19.0 Å². The fourth-order valence-corrected chi connectivity index (χ4v) is 2.76. The summed E-state index contributed by atoms with van der Waals surface area (Å²) in [5, 5.41) is 3.03. The van der Waals surface area contributed by atoms with Gasteiger partial charge in [-0.15, -0.1) is 0 Å². The number of hydrogen-bond acceptors (Lipinski definition) is 9. The summed E-state index contributed by atoms with van der Waals surface area (Å²) < 4.78 is 16.2. The number of nitrogens with one attached hydrogen (secondary N) is 1. The van der Waals surface area contributed by atoms with Gasteiger partial charge in [-0.1, -0.05) is 24.3 Å². The van der Waals surface area contributed by atoms with Crippen LogP contribution >= 0.6 is 0 Å². The Kier molecular flexibility index (Phi) is 7.58. The number of nitrogens with two attached hydrogens (primary N) is 1. The molecule has 0 saturated carbocycles. The molecule has 3 rings (SSSR count). The second-order valence-corrected chi connectivity index (χ2v) is 6.69. The van der Waals surface area contributed by atoms with Gasteiger partial charge in [0.2, 0.25) is 11.9 Å². The van der Waals surface area contributed by atoms with E-state index >= 15 is 0 Å². The highest BCUT2D eigenvalue weighted by molar-refractivity contribution is 5.69. The number of nitrogen functional groups attached to an aromatic ring is 1. The second-order valence-electron chi connectivity index (χ2n) is 6.69. The first-order valence-corrected chi connectivity index (χ1v) is 9.79. The predicted molar refractivity (Wildman–Crippen MR) is 116 cm³/mol. The summed E-state index contributed by atoms with van der Waals surface area (Å²) in [5.74, 6) is 1.53. The number of ether oxygens (including phenoxy) is 3. The van der Waals surface area contributed by atoms with Crippen LogP contribution in [-0.2, 0) is 16.1 Å². The minimum Gasteiger partial charge on any atom is -0.495 e. The molecule has 1 aromatic heterocycles. The molecule has 0 aliphatic heterocycles. The molecule has 0 spiro atoms. The van der Waals surface area contributed by atoms with Gasteiger partial charge in [-0.25, -0.2) is 0 Å². The SMILES string of the molecule is COc1ccccc1Nc1nc(N)nc(COC(=O)CCCOc2cccc(C)c2)n1. The molecule has 31 heavy (non-hydrogen) atoms. The predicted octanol–water partition coefficient (Wildman–Crippen LogP) is 3.42. The standard InChI is InChI=1S/C22H25N5O4/c1-15-7-5-8-16(13-15)30-12-6-11-20(28)31-14-19-25-21(23)27-22(26-19)24-17-9-3-4-10-18(17)29-2/h3-5,7-10,13H,6,11-12,14H2,1-2H3,(H3,23,24,25,26,27). The number of carbonyl (C=O) groups excluding carboxylic acids is 1. The topological polar surface area (TPSA) is 121 Å². The first-order chi connectivity index (χ1) is 15.0. The lowest BCUT2D eigenvalue weighted by molar-refractivity contribution is -0.145. The largest absolute Gasteiger partial charge is 0.495 e. The number of methoxy groups -OCH3 is 1. The minimum absolute atomic E-state index is 0.0185. The van der Waals surface area contributed by atoms with Crippen LogP contribution in [0.2, 0.25) is 0 Å². The zero-order chi connectivity index (χ0) is 22.1. The summed E-state index contributed by atoms with van der Waals surface area (Å²) in [4.78, 5) is 24.3. The summed E-state index contributed by atoms with van der Waals surface area (Å²) in [6, 6.07) is 15.1. The number of para-hydroxylation sites is 2. The van der Waals surface area contributed by atoms with Crippen molar-refractivity contribution in [1.82, 2.24) is 15.0 Å². The molecule has 9 heteroatoms. The molecule has 162 valence electrons. The van der Waals surface area contributed by atoms with Crippen LogP contribution in [-0.4, -0.2) is 34.6 Å². The van der Waals surface area contributed by atoms with Crippen molar-refractivity contribution in [3.05, 3.63) is 59.9 Å². The maximum atomic E-state index is 12.0.